The number of amides is 2. The fourth-order valence-corrected chi connectivity index (χ4v) is 3.63. The standard InChI is InChI=1S/C25H32Cl2N2O4/c1-6-16(2)28-25(31)17(3)29(15-19-7-10-20(26)21(27)13-19)24(30)12-9-18-8-11-22(32-4)23(14-18)33-5/h7-8,10-11,13-14,16-17H,6,9,12,15H2,1-5H3,(H,28,31)/t16-,17-/m1/s1. The predicted molar refractivity (Wildman–Crippen MR) is 132 cm³/mol. The van der Waals surface area contributed by atoms with E-state index in [0.29, 0.717) is 28.0 Å². The third-order valence-corrected chi connectivity index (χ3v) is 6.32. The lowest BCUT2D eigenvalue weighted by molar-refractivity contribution is -0.140. The Morgan fingerprint density at radius 3 is 2.24 bits per heavy atom. The second-order valence-electron chi connectivity index (χ2n) is 7.95. The van der Waals surface area contributed by atoms with Crippen molar-refractivity contribution in [1.82, 2.24) is 10.2 Å². The number of halogens is 2. The lowest BCUT2D eigenvalue weighted by atomic mass is 10.1. The Morgan fingerprint density at radius 2 is 1.64 bits per heavy atom. The number of hydrogen-bond acceptors (Lipinski definition) is 4. The molecule has 2 aromatic rings. The quantitative estimate of drug-likeness (QED) is 0.461. The fourth-order valence-electron chi connectivity index (χ4n) is 3.31. The molecule has 0 radical (unpaired) electrons. The molecule has 180 valence electrons. The summed E-state index contributed by atoms with van der Waals surface area (Å²) in [5.74, 6) is 0.909. The lowest BCUT2D eigenvalue weighted by Gasteiger charge is -2.30. The highest BCUT2D eigenvalue weighted by Gasteiger charge is 2.26. The van der Waals surface area contributed by atoms with Crippen molar-refractivity contribution >= 4 is 35.0 Å². The first-order chi connectivity index (χ1) is 15.7. The molecule has 2 rings (SSSR count). The van der Waals surface area contributed by atoms with Gasteiger partial charge in [-0.25, -0.2) is 0 Å². The summed E-state index contributed by atoms with van der Waals surface area (Å²) in [5.41, 5.74) is 1.74. The van der Waals surface area contributed by atoms with Gasteiger partial charge < -0.3 is 19.7 Å². The molecular formula is C25H32Cl2N2O4. The minimum Gasteiger partial charge on any atom is -0.493 e. The van der Waals surface area contributed by atoms with E-state index >= 15 is 0 Å². The molecule has 0 spiro atoms. The molecule has 2 atom stereocenters. The highest BCUT2D eigenvalue weighted by molar-refractivity contribution is 6.42. The van der Waals surface area contributed by atoms with Crippen LogP contribution in [0.2, 0.25) is 10.0 Å². The van der Waals surface area contributed by atoms with Gasteiger partial charge >= 0.3 is 0 Å². The van der Waals surface area contributed by atoms with Crippen molar-refractivity contribution in [2.24, 2.45) is 0 Å². The number of ether oxygens (including phenoxy) is 2. The number of nitrogens with zero attached hydrogens (tertiary/aromatic N) is 1. The van der Waals surface area contributed by atoms with Crippen LogP contribution in [0.1, 0.15) is 44.7 Å². The molecule has 1 N–H and O–H groups in total. The molecule has 0 aliphatic heterocycles. The summed E-state index contributed by atoms with van der Waals surface area (Å²) in [7, 11) is 3.15. The largest absolute Gasteiger partial charge is 0.493 e. The van der Waals surface area contributed by atoms with E-state index in [1.807, 2.05) is 38.1 Å². The van der Waals surface area contributed by atoms with Gasteiger partial charge in [0.25, 0.3) is 0 Å². The number of carbonyl (C=O) groups is 2. The fraction of sp³-hybridized carbons (Fsp3) is 0.440. The number of carbonyl (C=O) groups excluding carboxylic acids is 2. The van der Waals surface area contributed by atoms with Gasteiger partial charge in [-0.1, -0.05) is 42.3 Å². The van der Waals surface area contributed by atoms with Crippen molar-refractivity contribution in [3.63, 3.8) is 0 Å². The third-order valence-electron chi connectivity index (χ3n) is 5.58. The van der Waals surface area contributed by atoms with Crippen LogP contribution in [0.3, 0.4) is 0 Å². The van der Waals surface area contributed by atoms with Crippen LogP contribution in [0.4, 0.5) is 0 Å². The molecule has 0 aromatic heterocycles. The maximum Gasteiger partial charge on any atom is 0.242 e. The van der Waals surface area contributed by atoms with Crippen LogP contribution in [0.15, 0.2) is 36.4 Å². The predicted octanol–water partition coefficient (Wildman–Crippen LogP) is 5.28. The van der Waals surface area contributed by atoms with Gasteiger partial charge in [-0.05, 0) is 62.1 Å². The van der Waals surface area contributed by atoms with Crippen molar-refractivity contribution in [3.05, 3.63) is 57.6 Å². The van der Waals surface area contributed by atoms with E-state index in [1.165, 1.54) is 0 Å². The first kappa shape index (κ1) is 26.8. The first-order valence-corrected chi connectivity index (χ1v) is 11.7. The summed E-state index contributed by atoms with van der Waals surface area (Å²) >= 11 is 12.2. The minimum atomic E-state index is -0.647. The minimum absolute atomic E-state index is 0.0219. The van der Waals surface area contributed by atoms with Crippen molar-refractivity contribution in [2.45, 2.75) is 58.7 Å². The molecule has 0 fully saturated rings. The van der Waals surface area contributed by atoms with E-state index in [2.05, 4.69) is 5.32 Å². The number of benzene rings is 2. The topological polar surface area (TPSA) is 67.9 Å². The third kappa shape index (κ3) is 7.54. The smallest absolute Gasteiger partial charge is 0.242 e. The number of hydrogen-bond donors (Lipinski definition) is 1. The zero-order valence-electron chi connectivity index (χ0n) is 19.8. The lowest BCUT2D eigenvalue weighted by Crippen LogP contribution is -2.49. The molecule has 33 heavy (non-hydrogen) atoms. The first-order valence-electron chi connectivity index (χ1n) is 10.9. The second kappa shape index (κ2) is 12.7. The van der Waals surface area contributed by atoms with Gasteiger partial charge in [0, 0.05) is 19.0 Å². The van der Waals surface area contributed by atoms with Crippen LogP contribution in [-0.4, -0.2) is 43.0 Å². The van der Waals surface area contributed by atoms with E-state index in [1.54, 1.807) is 38.2 Å². The van der Waals surface area contributed by atoms with E-state index in [-0.39, 0.29) is 30.8 Å². The van der Waals surface area contributed by atoms with Gasteiger partial charge in [-0.15, -0.1) is 0 Å². The van der Waals surface area contributed by atoms with Gasteiger partial charge in [0.15, 0.2) is 11.5 Å². The molecule has 8 heteroatoms. The molecule has 0 heterocycles. The van der Waals surface area contributed by atoms with Gasteiger partial charge in [-0.2, -0.15) is 0 Å². The molecule has 0 saturated heterocycles. The molecular weight excluding hydrogens is 463 g/mol. The molecule has 0 aliphatic rings. The Bertz CT molecular complexity index is 967. The summed E-state index contributed by atoms with van der Waals surface area (Å²) in [6.45, 7) is 5.92. The molecule has 2 amide bonds. The zero-order chi connectivity index (χ0) is 24.5. The van der Waals surface area contributed by atoms with Crippen LogP contribution < -0.4 is 14.8 Å². The maximum atomic E-state index is 13.3. The molecule has 6 nitrogen and oxygen atoms in total. The van der Waals surface area contributed by atoms with Crippen LogP contribution in [0, 0.1) is 0 Å². The number of aryl methyl sites for hydroxylation is 1. The van der Waals surface area contributed by atoms with Crippen LogP contribution >= 0.6 is 23.2 Å². The second-order valence-corrected chi connectivity index (χ2v) is 8.77. The SMILES string of the molecule is CC[C@@H](C)NC(=O)[C@@H](C)N(Cc1ccc(Cl)c(Cl)c1)C(=O)CCc1ccc(OC)c(OC)c1. The van der Waals surface area contributed by atoms with Gasteiger partial charge in [0.05, 0.1) is 24.3 Å². The van der Waals surface area contributed by atoms with E-state index in [9.17, 15) is 9.59 Å². The van der Waals surface area contributed by atoms with Gasteiger partial charge in [0.2, 0.25) is 11.8 Å². The van der Waals surface area contributed by atoms with Gasteiger partial charge in [0.1, 0.15) is 6.04 Å². The monoisotopic (exact) mass is 494 g/mol. The van der Waals surface area contributed by atoms with Crippen molar-refractivity contribution in [3.8, 4) is 11.5 Å². The van der Waals surface area contributed by atoms with E-state index < -0.39 is 6.04 Å². The normalized spacial score (nSPS) is 12.6. The highest BCUT2D eigenvalue weighted by Crippen LogP contribution is 2.28. The summed E-state index contributed by atoms with van der Waals surface area (Å²) in [6, 6.07) is 10.2. The molecule has 0 aliphatic carbocycles. The number of nitrogens with one attached hydrogen (secondary N) is 1. The maximum absolute atomic E-state index is 13.3. The Hall–Kier alpha value is -2.44. The highest BCUT2D eigenvalue weighted by atomic mass is 35.5. The number of rotatable bonds is 11. The molecule has 0 unspecified atom stereocenters. The Morgan fingerprint density at radius 1 is 0.970 bits per heavy atom. The average Bonchev–Trinajstić information content (AvgIpc) is 2.82. The molecule has 2 aromatic carbocycles. The Balaban J connectivity index is 2.21. The van der Waals surface area contributed by atoms with Crippen LogP contribution in [-0.2, 0) is 22.6 Å². The summed E-state index contributed by atoms with van der Waals surface area (Å²) in [4.78, 5) is 27.7. The Kier molecular flexibility index (Phi) is 10.3. The van der Waals surface area contributed by atoms with Crippen molar-refractivity contribution < 1.29 is 19.1 Å². The zero-order valence-corrected chi connectivity index (χ0v) is 21.3. The van der Waals surface area contributed by atoms with Crippen LogP contribution in [0.25, 0.3) is 0 Å². The summed E-state index contributed by atoms with van der Waals surface area (Å²) in [5, 5.41) is 3.81. The van der Waals surface area contributed by atoms with E-state index in [4.69, 9.17) is 32.7 Å². The van der Waals surface area contributed by atoms with Crippen LogP contribution in [0.5, 0.6) is 11.5 Å². The number of methoxy groups -OCH3 is 2. The average molecular weight is 495 g/mol. The van der Waals surface area contributed by atoms with Gasteiger partial charge in [-0.3, -0.25) is 9.59 Å². The van der Waals surface area contributed by atoms with Crippen molar-refractivity contribution in [2.75, 3.05) is 14.2 Å². The summed E-state index contributed by atoms with van der Waals surface area (Å²) in [6.07, 6.45) is 1.53. The van der Waals surface area contributed by atoms with Crippen molar-refractivity contribution in [1.29, 1.82) is 0 Å². The molecule has 0 bridgehead atoms. The summed E-state index contributed by atoms with van der Waals surface area (Å²) < 4.78 is 10.6. The Labute approximate surface area is 206 Å². The van der Waals surface area contributed by atoms with E-state index in [0.717, 1.165) is 17.5 Å². The molecule has 0 saturated carbocycles.